The molecule has 0 saturated carbocycles. The number of rotatable bonds is 6. The predicted molar refractivity (Wildman–Crippen MR) is 84.7 cm³/mol. The fraction of sp³-hybridized carbons (Fsp3) is 0.353. The van der Waals surface area contributed by atoms with Crippen molar-refractivity contribution < 1.29 is 23.9 Å². The molecular weight excluding hydrogens is 298 g/mol. The van der Waals surface area contributed by atoms with Gasteiger partial charge in [0.25, 0.3) is 0 Å². The summed E-state index contributed by atoms with van der Waals surface area (Å²) in [6.07, 6.45) is 1.34. The van der Waals surface area contributed by atoms with Crippen LogP contribution in [0.1, 0.15) is 31.3 Å². The Morgan fingerprint density at radius 3 is 2.57 bits per heavy atom. The third kappa shape index (κ3) is 4.18. The highest BCUT2D eigenvalue weighted by Crippen LogP contribution is 2.24. The van der Waals surface area contributed by atoms with Crippen LogP contribution in [0.2, 0.25) is 0 Å². The van der Waals surface area contributed by atoms with E-state index in [-0.39, 0.29) is 13.2 Å². The van der Waals surface area contributed by atoms with Gasteiger partial charge in [-0.2, -0.15) is 0 Å². The molecule has 0 unspecified atom stereocenters. The Bertz CT molecular complexity index is 739. The van der Waals surface area contributed by atoms with E-state index in [9.17, 15) is 14.4 Å². The van der Waals surface area contributed by atoms with Crippen LogP contribution in [-0.4, -0.2) is 35.3 Å². The molecule has 0 bridgehead atoms. The van der Waals surface area contributed by atoms with Gasteiger partial charge in [0.05, 0.1) is 11.2 Å². The molecular formula is C17H19NO5. The first-order valence-electron chi connectivity index (χ1n) is 7.21. The topological polar surface area (TPSA) is 74.6 Å². The number of ether oxygens (including phenoxy) is 2. The van der Waals surface area contributed by atoms with E-state index < -0.39 is 11.6 Å². The van der Waals surface area contributed by atoms with E-state index in [0.717, 1.165) is 5.39 Å². The number of aldehydes is 2. The first kappa shape index (κ1) is 16.7. The van der Waals surface area contributed by atoms with E-state index in [2.05, 4.69) is 0 Å². The summed E-state index contributed by atoms with van der Waals surface area (Å²) in [5.41, 5.74) is 0.444. The molecule has 0 radical (unpaired) electrons. The first-order chi connectivity index (χ1) is 10.8. The molecule has 23 heavy (non-hydrogen) atoms. The third-order valence-electron chi connectivity index (χ3n) is 3.05. The Hall–Kier alpha value is -2.63. The normalized spacial score (nSPS) is 11.3. The van der Waals surface area contributed by atoms with Crippen LogP contribution in [0.25, 0.3) is 10.9 Å². The first-order valence-corrected chi connectivity index (χ1v) is 7.21. The molecule has 1 heterocycles. The van der Waals surface area contributed by atoms with Gasteiger partial charge in [-0.05, 0) is 39.0 Å². The Morgan fingerprint density at radius 1 is 1.22 bits per heavy atom. The zero-order chi connectivity index (χ0) is 17.0. The number of nitrogens with zero attached hydrogens (tertiary/aromatic N) is 1. The zero-order valence-electron chi connectivity index (χ0n) is 13.4. The average molecular weight is 317 g/mol. The highest BCUT2D eigenvalue weighted by atomic mass is 16.6. The molecule has 2 rings (SSSR count). The maximum absolute atomic E-state index is 12.1. The van der Waals surface area contributed by atoms with Crippen molar-refractivity contribution in [1.29, 1.82) is 0 Å². The maximum Gasteiger partial charge on any atom is 0.326 e. The van der Waals surface area contributed by atoms with Crippen LogP contribution in [-0.2, 0) is 20.9 Å². The molecule has 1 aromatic heterocycles. The Kier molecular flexibility index (Phi) is 4.83. The lowest BCUT2D eigenvalue weighted by Crippen LogP contribution is -2.26. The maximum atomic E-state index is 12.1. The van der Waals surface area contributed by atoms with E-state index in [0.29, 0.717) is 29.5 Å². The van der Waals surface area contributed by atoms with Crippen LogP contribution >= 0.6 is 0 Å². The van der Waals surface area contributed by atoms with Gasteiger partial charge in [0, 0.05) is 11.5 Å². The molecule has 6 heteroatoms. The van der Waals surface area contributed by atoms with Crippen LogP contribution in [0.15, 0.2) is 24.3 Å². The van der Waals surface area contributed by atoms with Gasteiger partial charge in [0.2, 0.25) is 0 Å². The highest BCUT2D eigenvalue weighted by Gasteiger charge is 2.19. The lowest BCUT2D eigenvalue weighted by Gasteiger charge is -2.20. The molecule has 0 aliphatic heterocycles. The molecule has 122 valence electrons. The standard InChI is InChI=1S/C17H19NO5/c1-17(2,3)23-16(21)10-18-13(11-20)8-12-4-5-14(9-15(12)18)22-7-6-19/h4-6,8-9,11H,7,10H2,1-3H3. The van der Waals surface area contributed by atoms with E-state index >= 15 is 0 Å². The summed E-state index contributed by atoms with van der Waals surface area (Å²) in [5, 5.41) is 0.800. The van der Waals surface area contributed by atoms with Gasteiger partial charge in [-0.25, -0.2) is 0 Å². The summed E-state index contributed by atoms with van der Waals surface area (Å²) >= 11 is 0. The minimum Gasteiger partial charge on any atom is -0.486 e. The lowest BCUT2D eigenvalue weighted by molar-refractivity contribution is -0.155. The quantitative estimate of drug-likeness (QED) is 0.604. The summed E-state index contributed by atoms with van der Waals surface area (Å²) < 4.78 is 12.1. The van der Waals surface area contributed by atoms with Crippen molar-refractivity contribution in [3.05, 3.63) is 30.0 Å². The second-order valence-corrected chi connectivity index (χ2v) is 6.06. The number of aromatic nitrogens is 1. The van der Waals surface area contributed by atoms with Crippen LogP contribution < -0.4 is 4.74 Å². The molecule has 0 spiro atoms. The number of carbonyl (C=O) groups is 3. The van der Waals surface area contributed by atoms with Crippen LogP contribution in [0.5, 0.6) is 5.75 Å². The molecule has 0 aliphatic rings. The third-order valence-corrected chi connectivity index (χ3v) is 3.05. The van der Waals surface area contributed by atoms with Gasteiger partial charge < -0.3 is 14.0 Å². The van der Waals surface area contributed by atoms with Crippen LogP contribution in [0.3, 0.4) is 0 Å². The van der Waals surface area contributed by atoms with Crippen molar-refractivity contribution in [2.24, 2.45) is 0 Å². The summed E-state index contributed by atoms with van der Waals surface area (Å²) in [6.45, 7) is 5.21. The summed E-state index contributed by atoms with van der Waals surface area (Å²) in [6, 6.07) is 6.86. The molecule has 0 N–H and O–H groups in total. The number of hydrogen-bond acceptors (Lipinski definition) is 5. The number of hydrogen-bond donors (Lipinski definition) is 0. The zero-order valence-corrected chi connectivity index (χ0v) is 13.4. The second kappa shape index (κ2) is 6.64. The Labute approximate surface area is 134 Å². The molecule has 1 aromatic carbocycles. The van der Waals surface area contributed by atoms with Crippen molar-refractivity contribution in [2.75, 3.05) is 6.61 Å². The molecule has 0 amide bonds. The SMILES string of the molecule is CC(C)(C)OC(=O)Cn1c(C=O)cc2ccc(OCC=O)cc21. The fourth-order valence-electron chi connectivity index (χ4n) is 2.25. The molecule has 0 fully saturated rings. The number of carbonyl (C=O) groups excluding carboxylic acids is 3. The van der Waals surface area contributed by atoms with Crippen LogP contribution in [0.4, 0.5) is 0 Å². The van der Waals surface area contributed by atoms with E-state index in [4.69, 9.17) is 9.47 Å². The minimum atomic E-state index is -0.598. The van der Waals surface area contributed by atoms with Gasteiger partial charge >= 0.3 is 5.97 Å². The van der Waals surface area contributed by atoms with Gasteiger partial charge in [-0.15, -0.1) is 0 Å². The molecule has 6 nitrogen and oxygen atoms in total. The minimum absolute atomic E-state index is 0.0567. The Morgan fingerprint density at radius 2 is 1.96 bits per heavy atom. The van der Waals surface area contributed by atoms with E-state index in [1.54, 1.807) is 49.6 Å². The van der Waals surface area contributed by atoms with E-state index in [1.165, 1.54) is 0 Å². The number of fused-ring (bicyclic) bond motifs is 1. The molecule has 2 aromatic rings. The van der Waals surface area contributed by atoms with Gasteiger partial charge in [-0.3, -0.25) is 14.4 Å². The van der Waals surface area contributed by atoms with Crippen molar-refractivity contribution in [3.63, 3.8) is 0 Å². The molecule has 0 aliphatic carbocycles. The molecule has 0 atom stereocenters. The van der Waals surface area contributed by atoms with Crippen molar-refractivity contribution in [3.8, 4) is 5.75 Å². The van der Waals surface area contributed by atoms with Crippen LogP contribution in [0, 0.1) is 0 Å². The van der Waals surface area contributed by atoms with Gasteiger partial charge in [0.1, 0.15) is 24.5 Å². The number of benzene rings is 1. The highest BCUT2D eigenvalue weighted by molar-refractivity contribution is 5.91. The monoisotopic (exact) mass is 317 g/mol. The molecule has 0 saturated heterocycles. The van der Waals surface area contributed by atoms with Crippen molar-refractivity contribution in [2.45, 2.75) is 32.9 Å². The second-order valence-electron chi connectivity index (χ2n) is 6.06. The summed E-state index contributed by atoms with van der Waals surface area (Å²) in [4.78, 5) is 33.7. The van der Waals surface area contributed by atoms with Crippen molar-refractivity contribution in [1.82, 2.24) is 4.57 Å². The van der Waals surface area contributed by atoms with Gasteiger partial charge in [0.15, 0.2) is 12.6 Å². The lowest BCUT2D eigenvalue weighted by atomic mass is 10.2. The predicted octanol–water partition coefficient (Wildman–Crippen LogP) is 2.37. The Balaban J connectivity index is 2.37. The summed E-state index contributed by atoms with van der Waals surface area (Å²) in [7, 11) is 0. The summed E-state index contributed by atoms with van der Waals surface area (Å²) in [5.74, 6) is 0.0582. The average Bonchev–Trinajstić information content (AvgIpc) is 2.80. The smallest absolute Gasteiger partial charge is 0.326 e. The van der Waals surface area contributed by atoms with Crippen molar-refractivity contribution >= 4 is 29.4 Å². The number of esters is 1. The largest absolute Gasteiger partial charge is 0.486 e. The van der Waals surface area contributed by atoms with Gasteiger partial charge in [-0.1, -0.05) is 0 Å². The fourth-order valence-corrected chi connectivity index (χ4v) is 2.25. The van der Waals surface area contributed by atoms with E-state index in [1.807, 2.05) is 0 Å².